The zero-order valence-corrected chi connectivity index (χ0v) is 7.84. The molecule has 0 amide bonds. The van der Waals surface area contributed by atoms with Gasteiger partial charge in [-0.2, -0.15) is 0 Å². The molecule has 0 aromatic carbocycles. The summed E-state index contributed by atoms with van der Waals surface area (Å²) in [6.45, 7) is 0.485. The van der Waals surface area contributed by atoms with Crippen molar-refractivity contribution in [3.8, 4) is 0 Å². The molecule has 3 atom stereocenters. The molecule has 0 radical (unpaired) electrons. The van der Waals surface area contributed by atoms with Gasteiger partial charge in [-0.3, -0.25) is 4.79 Å². The topological polar surface area (TPSA) is 35.5 Å². The van der Waals surface area contributed by atoms with Gasteiger partial charge in [0.1, 0.15) is 17.6 Å². The number of ether oxygens (including phenoxy) is 2. The number of esters is 1. The number of cyclic esters (lactones) is 1. The highest BCUT2D eigenvalue weighted by molar-refractivity contribution is 5.83. The highest BCUT2D eigenvalue weighted by atomic mass is 16.6. The minimum absolute atomic E-state index is 0.00287. The normalized spacial score (nSPS) is 52.4. The smallest absolute Gasteiger partial charge is 0.315 e. The van der Waals surface area contributed by atoms with Crippen LogP contribution in [-0.4, -0.2) is 25.3 Å². The van der Waals surface area contributed by atoms with Gasteiger partial charge in [0, 0.05) is 7.11 Å². The Hall–Kier alpha value is -0.570. The third kappa shape index (κ3) is 0.592. The molecule has 3 rings (SSSR count). The second kappa shape index (κ2) is 2.08. The molecule has 13 heavy (non-hydrogen) atoms. The van der Waals surface area contributed by atoms with E-state index in [2.05, 4.69) is 0 Å². The standard InChI is InChI=1S/C10H14O3/c1-12-9-5-7-3-2-4-10(7,9)8(11)13-6-9/h7H,2-6H2,1H3/t7-,9-,10-/m1/s1. The average molecular weight is 182 g/mol. The van der Waals surface area contributed by atoms with Crippen LogP contribution in [0.2, 0.25) is 0 Å². The lowest BCUT2D eigenvalue weighted by molar-refractivity contribution is -0.191. The summed E-state index contributed by atoms with van der Waals surface area (Å²) in [7, 11) is 1.71. The number of hydrogen-bond donors (Lipinski definition) is 0. The molecule has 0 unspecified atom stereocenters. The first-order chi connectivity index (χ1) is 6.25. The molecule has 72 valence electrons. The van der Waals surface area contributed by atoms with Gasteiger partial charge in [-0.15, -0.1) is 0 Å². The first-order valence-electron chi connectivity index (χ1n) is 4.98. The van der Waals surface area contributed by atoms with Crippen LogP contribution in [0.1, 0.15) is 25.7 Å². The summed E-state index contributed by atoms with van der Waals surface area (Å²) in [6, 6.07) is 0. The van der Waals surface area contributed by atoms with Crippen molar-refractivity contribution in [1.82, 2.24) is 0 Å². The van der Waals surface area contributed by atoms with Crippen molar-refractivity contribution in [2.75, 3.05) is 13.7 Å². The minimum Gasteiger partial charge on any atom is -0.462 e. The fourth-order valence-electron chi connectivity index (χ4n) is 3.68. The Morgan fingerprint density at radius 2 is 2.46 bits per heavy atom. The molecule has 0 aromatic heterocycles. The first kappa shape index (κ1) is 7.80. The van der Waals surface area contributed by atoms with Crippen LogP contribution < -0.4 is 0 Å². The lowest BCUT2D eigenvalue weighted by atomic mass is 9.52. The molecule has 2 saturated carbocycles. The Morgan fingerprint density at radius 1 is 1.62 bits per heavy atom. The van der Waals surface area contributed by atoms with Crippen LogP contribution in [0.3, 0.4) is 0 Å². The Kier molecular flexibility index (Phi) is 1.25. The number of hydrogen-bond acceptors (Lipinski definition) is 3. The van der Waals surface area contributed by atoms with Crippen molar-refractivity contribution in [3.05, 3.63) is 0 Å². The van der Waals surface area contributed by atoms with Crippen LogP contribution in [0.15, 0.2) is 0 Å². The van der Waals surface area contributed by atoms with Gasteiger partial charge in [0.25, 0.3) is 0 Å². The second-order valence-corrected chi connectivity index (χ2v) is 4.54. The van der Waals surface area contributed by atoms with E-state index in [1.807, 2.05) is 0 Å². The van der Waals surface area contributed by atoms with Gasteiger partial charge in [-0.1, -0.05) is 6.42 Å². The molecule has 3 aliphatic rings. The third-order valence-corrected chi connectivity index (χ3v) is 4.40. The zero-order chi connectivity index (χ0) is 9.10. The van der Waals surface area contributed by atoms with Crippen molar-refractivity contribution < 1.29 is 14.3 Å². The van der Waals surface area contributed by atoms with Gasteiger partial charge in [0.2, 0.25) is 0 Å². The molecular weight excluding hydrogens is 168 g/mol. The maximum absolute atomic E-state index is 11.7. The molecule has 1 spiro atoms. The van der Waals surface area contributed by atoms with Crippen LogP contribution in [-0.2, 0) is 14.3 Å². The maximum atomic E-state index is 11.7. The van der Waals surface area contributed by atoms with Crippen molar-refractivity contribution in [3.63, 3.8) is 0 Å². The van der Waals surface area contributed by atoms with Gasteiger partial charge < -0.3 is 9.47 Å². The van der Waals surface area contributed by atoms with Gasteiger partial charge >= 0.3 is 5.97 Å². The number of methoxy groups -OCH3 is 1. The van der Waals surface area contributed by atoms with Gasteiger partial charge in [-0.25, -0.2) is 0 Å². The SMILES string of the molecule is CO[C@]12COC(=O)[C@]13CCC[C@@H]3C2. The molecule has 0 bridgehead atoms. The molecule has 2 aliphatic carbocycles. The Balaban J connectivity index is 2.06. The molecule has 1 aliphatic heterocycles. The van der Waals surface area contributed by atoms with E-state index in [0.717, 1.165) is 19.3 Å². The molecular formula is C10H14O3. The monoisotopic (exact) mass is 182 g/mol. The van der Waals surface area contributed by atoms with Crippen molar-refractivity contribution in [2.24, 2.45) is 11.3 Å². The Bertz CT molecular complexity index is 275. The van der Waals surface area contributed by atoms with E-state index >= 15 is 0 Å². The summed E-state index contributed by atoms with van der Waals surface area (Å²) >= 11 is 0. The molecule has 3 heteroatoms. The lowest BCUT2D eigenvalue weighted by Crippen LogP contribution is -2.63. The predicted octanol–water partition coefficient (Wildman–Crippen LogP) is 1.12. The lowest BCUT2D eigenvalue weighted by Gasteiger charge is -2.53. The summed E-state index contributed by atoms with van der Waals surface area (Å²) in [4.78, 5) is 11.7. The van der Waals surface area contributed by atoms with E-state index in [1.54, 1.807) is 7.11 Å². The van der Waals surface area contributed by atoms with E-state index in [-0.39, 0.29) is 17.0 Å². The van der Waals surface area contributed by atoms with E-state index < -0.39 is 0 Å². The first-order valence-corrected chi connectivity index (χ1v) is 4.98. The minimum atomic E-state index is -0.245. The molecule has 1 saturated heterocycles. The fraction of sp³-hybridized carbons (Fsp3) is 0.900. The van der Waals surface area contributed by atoms with Gasteiger partial charge in [0.05, 0.1) is 0 Å². The van der Waals surface area contributed by atoms with Gasteiger partial charge in [0.15, 0.2) is 0 Å². The molecule has 3 fully saturated rings. The summed E-state index contributed by atoms with van der Waals surface area (Å²) < 4.78 is 10.7. The number of rotatable bonds is 1. The molecule has 1 heterocycles. The largest absolute Gasteiger partial charge is 0.462 e. The van der Waals surface area contributed by atoms with Crippen molar-refractivity contribution >= 4 is 5.97 Å². The fourth-order valence-corrected chi connectivity index (χ4v) is 3.68. The summed E-state index contributed by atoms with van der Waals surface area (Å²) in [5.41, 5.74) is -0.479. The second-order valence-electron chi connectivity index (χ2n) is 4.54. The maximum Gasteiger partial charge on any atom is 0.315 e. The van der Waals surface area contributed by atoms with Crippen molar-refractivity contribution in [2.45, 2.75) is 31.3 Å². The molecule has 0 N–H and O–H groups in total. The summed E-state index contributed by atoms with van der Waals surface area (Å²) in [5.74, 6) is 0.547. The van der Waals surface area contributed by atoms with Crippen LogP contribution >= 0.6 is 0 Å². The molecule has 0 aromatic rings. The zero-order valence-electron chi connectivity index (χ0n) is 7.84. The molecule has 3 nitrogen and oxygen atoms in total. The number of carbonyl (C=O) groups excluding carboxylic acids is 1. The van der Waals surface area contributed by atoms with Crippen LogP contribution in [0.4, 0.5) is 0 Å². The van der Waals surface area contributed by atoms with Crippen LogP contribution in [0, 0.1) is 11.3 Å². The highest BCUT2D eigenvalue weighted by Crippen LogP contribution is 2.67. The van der Waals surface area contributed by atoms with E-state index in [1.165, 1.54) is 6.42 Å². The van der Waals surface area contributed by atoms with E-state index in [0.29, 0.717) is 12.5 Å². The van der Waals surface area contributed by atoms with Crippen LogP contribution in [0.5, 0.6) is 0 Å². The van der Waals surface area contributed by atoms with Crippen molar-refractivity contribution in [1.29, 1.82) is 0 Å². The summed E-state index contributed by atoms with van der Waals surface area (Å²) in [5, 5.41) is 0. The predicted molar refractivity (Wildman–Crippen MR) is 45.1 cm³/mol. The van der Waals surface area contributed by atoms with E-state index in [4.69, 9.17) is 9.47 Å². The van der Waals surface area contributed by atoms with Gasteiger partial charge in [-0.05, 0) is 25.2 Å². The van der Waals surface area contributed by atoms with E-state index in [9.17, 15) is 4.79 Å². The van der Waals surface area contributed by atoms with Crippen LogP contribution in [0.25, 0.3) is 0 Å². The summed E-state index contributed by atoms with van der Waals surface area (Å²) in [6.07, 6.45) is 4.34. The number of carbonyl (C=O) groups is 1. The highest BCUT2D eigenvalue weighted by Gasteiger charge is 2.76. The Labute approximate surface area is 77.4 Å². The third-order valence-electron chi connectivity index (χ3n) is 4.40. The quantitative estimate of drug-likeness (QED) is 0.570. The average Bonchev–Trinajstić information content (AvgIpc) is 2.56. The Morgan fingerprint density at radius 3 is 3.15 bits per heavy atom.